The maximum absolute atomic E-state index is 12.4. The largest absolute Gasteiger partial charge is 0.481 e. The number of hydrogen-bond donors (Lipinski definition) is 2. The number of amides is 1. The van der Waals surface area contributed by atoms with E-state index in [1.165, 1.54) is 4.90 Å². The van der Waals surface area contributed by atoms with Crippen LogP contribution in [0.4, 0.5) is 0 Å². The van der Waals surface area contributed by atoms with Gasteiger partial charge in [0.15, 0.2) is 6.10 Å². The highest BCUT2D eigenvalue weighted by atomic mass is 16.4. The molecule has 1 aromatic carbocycles. The second-order valence-corrected chi connectivity index (χ2v) is 5.17. The zero-order valence-electron chi connectivity index (χ0n) is 11.4. The number of carbonyl (C=O) groups excluding carboxylic acids is 1. The molecule has 2 rings (SSSR count). The van der Waals surface area contributed by atoms with Crippen molar-refractivity contribution in [2.45, 2.75) is 31.9 Å². The first-order chi connectivity index (χ1) is 9.52. The molecule has 20 heavy (non-hydrogen) atoms. The Kier molecular flexibility index (Phi) is 4.39. The SMILES string of the molecule is C[C@@H]1[C@H](C(=O)O)CCCN1C(=O)[C@@H](O)c1ccccc1. The Bertz CT molecular complexity index is 488. The molecule has 0 aromatic heterocycles. The lowest BCUT2D eigenvalue weighted by atomic mass is 9.89. The summed E-state index contributed by atoms with van der Waals surface area (Å²) >= 11 is 0. The molecule has 0 unspecified atom stereocenters. The molecule has 0 bridgehead atoms. The van der Waals surface area contributed by atoms with Crippen LogP contribution in [0.25, 0.3) is 0 Å². The first-order valence-electron chi connectivity index (χ1n) is 6.78. The molecule has 5 nitrogen and oxygen atoms in total. The Hall–Kier alpha value is -1.88. The van der Waals surface area contributed by atoms with Crippen molar-refractivity contribution in [1.29, 1.82) is 0 Å². The summed E-state index contributed by atoms with van der Waals surface area (Å²) in [5.74, 6) is -1.87. The van der Waals surface area contributed by atoms with E-state index in [1.54, 1.807) is 31.2 Å². The van der Waals surface area contributed by atoms with Crippen molar-refractivity contribution >= 4 is 11.9 Å². The zero-order valence-corrected chi connectivity index (χ0v) is 11.4. The van der Waals surface area contributed by atoms with Crippen molar-refractivity contribution in [2.24, 2.45) is 5.92 Å². The summed E-state index contributed by atoms with van der Waals surface area (Å²) in [6, 6.07) is 8.30. The van der Waals surface area contributed by atoms with E-state index in [0.717, 1.165) is 0 Å². The number of aliphatic hydroxyl groups excluding tert-OH is 1. The van der Waals surface area contributed by atoms with Gasteiger partial charge >= 0.3 is 5.97 Å². The highest BCUT2D eigenvalue weighted by molar-refractivity contribution is 5.83. The molecular formula is C15H19NO4. The predicted molar refractivity (Wildman–Crippen MR) is 72.9 cm³/mol. The van der Waals surface area contributed by atoms with E-state index >= 15 is 0 Å². The third-order valence-corrected chi connectivity index (χ3v) is 3.94. The summed E-state index contributed by atoms with van der Waals surface area (Å²) < 4.78 is 0. The molecular weight excluding hydrogens is 258 g/mol. The van der Waals surface area contributed by atoms with E-state index in [-0.39, 0.29) is 0 Å². The number of rotatable bonds is 3. The van der Waals surface area contributed by atoms with E-state index in [0.29, 0.717) is 24.9 Å². The highest BCUT2D eigenvalue weighted by Gasteiger charge is 2.37. The number of piperidine rings is 1. The van der Waals surface area contributed by atoms with Gasteiger partial charge < -0.3 is 15.1 Å². The lowest BCUT2D eigenvalue weighted by molar-refractivity contribution is -0.153. The second kappa shape index (κ2) is 6.05. The third kappa shape index (κ3) is 2.82. The third-order valence-electron chi connectivity index (χ3n) is 3.94. The van der Waals surface area contributed by atoms with Gasteiger partial charge in [-0.15, -0.1) is 0 Å². The van der Waals surface area contributed by atoms with Crippen LogP contribution in [-0.2, 0) is 9.59 Å². The molecule has 0 spiro atoms. The van der Waals surface area contributed by atoms with Crippen molar-refractivity contribution in [3.05, 3.63) is 35.9 Å². The van der Waals surface area contributed by atoms with Crippen molar-refractivity contribution < 1.29 is 19.8 Å². The monoisotopic (exact) mass is 277 g/mol. The second-order valence-electron chi connectivity index (χ2n) is 5.17. The first-order valence-corrected chi connectivity index (χ1v) is 6.78. The molecule has 0 aliphatic carbocycles. The van der Waals surface area contributed by atoms with Crippen LogP contribution in [0.15, 0.2) is 30.3 Å². The van der Waals surface area contributed by atoms with Crippen LogP contribution in [0.3, 0.4) is 0 Å². The Balaban J connectivity index is 2.14. The van der Waals surface area contributed by atoms with Crippen LogP contribution < -0.4 is 0 Å². The quantitative estimate of drug-likeness (QED) is 0.876. The molecule has 0 radical (unpaired) electrons. The number of nitrogens with zero attached hydrogens (tertiary/aromatic N) is 1. The Morgan fingerprint density at radius 3 is 2.55 bits per heavy atom. The van der Waals surface area contributed by atoms with Gasteiger partial charge in [-0.1, -0.05) is 30.3 Å². The molecule has 1 aliphatic rings. The minimum atomic E-state index is -1.23. The fraction of sp³-hybridized carbons (Fsp3) is 0.467. The van der Waals surface area contributed by atoms with Crippen molar-refractivity contribution in [3.63, 3.8) is 0 Å². The van der Waals surface area contributed by atoms with Crippen LogP contribution in [0, 0.1) is 5.92 Å². The van der Waals surface area contributed by atoms with Gasteiger partial charge in [-0.3, -0.25) is 9.59 Å². The Morgan fingerprint density at radius 2 is 1.95 bits per heavy atom. The van der Waals surface area contributed by atoms with Gasteiger partial charge in [-0.2, -0.15) is 0 Å². The number of hydrogen-bond acceptors (Lipinski definition) is 3. The van der Waals surface area contributed by atoms with Crippen LogP contribution in [0.5, 0.6) is 0 Å². The molecule has 108 valence electrons. The van der Waals surface area contributed by atoms with Crippen LogP contribution in [0.2, 0.25) is 0 Å². The van der Waals surface area contributed by atoms with Gasteiger partial charge in [0.05, 0.1) is 5.92 Å². The molecule has 3 atom stereocenters. The van der Waals surface area contributed by atoms with Gasteiger partial charge in [0.2, 0.25) is 0 Å². The number of aliphatic carboxylic acids is 1. The summed E-state index contributed by atoms with van der Waals surface area (Å²) in [6.45, 7) is 2.22. The fourth-order valence-electron chi connectivity index (χ4n) is 2.72. The maximum atomic E-state index is 12.4. The van der Waals surface area contributed by atoms with Gasteiger partial charge in [0.1, 0.15) is 0 Å². The summed E-state index contributed by atoms with van der Waals surface area (Å²) in [4.78, 5) is 25.0. The van der Waals surface area contributed by atoms with E-state index in [4.69, 9.17) is 5.11 Å². The summed E-state index contributed by atoms with van der Waals surface area (Å²) in [5, 5.41) is 19.3. The lowest BCUT2D eigenvalue weighted by Crippen LogP contribution is -2.50. The van der Waals surface area contributed by atoms with Crippen LogP contribution in [0.1, 0.15) is 31.4 Å². The molecule has 5 heteroatoms. The summed E-state index contributed by atoms with van der Waals surface area (Å²) in [7, 11) is 0. The Labute approximate surface area is 117 Å². The van der Waals surface area contributed by atoms with E-state index in [1.807, 2.05) is 6.07 Å². The van der Waals surface area contributed by atoms with Crippen LogP contribution >= 0.6 is 0 Å². The van der Waals surface area contributed by atoms with Gasteiger partial charge in [-0.25, -0.2) is 0 Å². The predicted octanol–water partition coefficient (Wildman–Crippen LogP) is 1.43. The Morgan fingerprint density at radius 1 is 1.30 bits per heavy atom. The van der Waals surface area contributed by atoms with Crippen molar-refractivity contribution in [1.82, 2.24) is 4.90 Å². The topological polar surface area (TPSA) is 77.8 Å². The average Bonchev–Trinajstić information content (AvgIpc) is 2.46. The number of carboxylic acids is 1. The highest BCUT2D eigenvalue weighted by Crippen LogP contribution is 2.27. The van der Waals surface area contributed by atoms with Gasteiger partial charge in [-0.05, 0) is 25.3 Å². The normalized spacial score (nSPS) is 24.2. The van der Waals surface area contributed by atoms with E-state index < -0.39 is 29.9 Å². The smallest absolute Gasteiger partial charge is 0.308 e. The summed E-state index contributed by atoms with van der Waals surface area (Å²) in [5.41, 5.74) is 0.530. The molecule has 1 fully saturated rings. The number of likely N-dealkylation sites (tertiary alicyclic amines) is 1. The lowest BCUT2D eigenvalue weighted by Gasteiger charge is -2.38. The zero-order chi connectivity index (χ0) is 14.7. The summed E-state index contributed by atoms with van der Waals surface area (Å²) in [6.07, 6.45) is -0.0119. The molecule has 1 amide bonds. The standard InChI is InChI=1S/C15H19NO4/c1-10-12(15(19)20)8-5-9-16(10)14(18)13(17)11-6-3-2-4-7-11/h2-4,6-7,10,12-13,17H,5,8-9H2,1H3,(H,19,20)/t10-,12-,13+/m1/s1. The molecule has 1 aliphatic heterocycles. The maximum Gasteiger partial charge on any atom is 0.308 e. The average molecular weight is 277 g/mol. The minimum Gasteiger partial charge on any atom is -0.481 e. The van der Waals surface area contributed by atoms with Crippen LogP contribution in [-0.4, -0.2) is 39.6 Å². The minimum absolute atomic E-state index is 0.396. The van der Waals surface area contributed by atoms with Gasteiger partial charge in [0.25, 0.3) is 5.91 Å². The van der Waals surface area contributed by atoms with E-state index in [2.05, 4.69) is 0 Å². The molecule has 2 N–H and O–H groups in total. The molecule has 0 saturated carbocycles. The number of benzene rings is 1. The van der Waals surface area contributed by atoms with Crippen molar-refractivity contribution in [3.8, 4) is 0 Å². The number of carbonyl (C=O) groups is 2. The van der Waals surface area contributed by atoms with Gasteiger partial charge in [0, 0.05) is 12.6 Å². The fourth-order valence-corrected chi connectivity index (χ4v) is 2.72. The number of carboxylic acid groups (broad SMARTS) is 1. The molecule has 1 aromatic rings. The number of aliphatic hydroxyl groups is 1. The molecule has 1 heterocycles. The first kappa shape index (κ1) is 14.5. The van der Waals surface area contributed by atoms with E-state index in [9.17, 15) is 14.7 Å². The van der Waals surface area contributed by atoms with Crippen molar-refractivity contribution in [2.75, 3.05) is 6.54 Å². The molecule has 1 saturated heterocycles.